The van der Waals surface area contributed by atoms with Gasteiger partial charge in [-0.05, 0) is 42.0 Å². The summed E-state index contributed by atoms with van der Waals surface area (Å²) in [5.41, 5.74) is 7.46. The van der Waals surface area contributed by atoms with Crippen LogP contribution in [0.4, 0.5) is 10.5 Å². The van der Waals surface area contributed by atoms with Crippen LogP contribution < -0.4 is 11.1 Å². The van der Waals surface area contributed by atoms with Crippen LogP contribution in [0.15, 0.2) is 66.7 Å². The van der Waals surface area contributed by atoms with Crippen molar-refractivity contribution in [1.82, 2.24) is 14.7 Å². The zero-order chi connectivity index (χ0) is 28.0. The first-order valence-corrected chi connectivity index (χ1v) is 13.0. The van der Waals surface area contributed by atoms with Crippen molar-refractivity contribution in [3.63, 3.8) is 0 Å². The molecule has 1 fully saturated rings. The Morgan fingerprint density at radius 2 is 1.98 bits per heavy atom. The molecule has 10 nitrogen and oxygen atoms in total. The number of carbonyl (C=O) groups excluding carboxylic acids is 3. The molecule has 6 rings (SSSR count). The van der Waals surface area contributed by atoms with Crippen LogP contribution in [0.1, 0.15) is 39.6 Å². The van der Waals surface area contributed by atoms with E-state index in [1.54, 1.807) is 35.2 Å². The molecule has 200 valence electrons. The van der Waals surface area contributed by atoms with Gasteiger partial charge in [0.25, 0.3) is 0 Å². The number of nitriles is 1. The van der Waals surface area contributed by atoms with E-state index in [9.17, 15) is 19.6 Å². The Morgan fingerprint density at radius 1 is 1.18 bits per heavy atom. The van der Waals surface area contributed by atoms with Crippen LogP contribution in [-0.2, 0) is 21.6 Å². The number of hydrogen-bond donors (Lipinski definition) is 2. The van der Waals surface area contributed by atoms with E-state index in [4.69, 9.17) is 22.1 Å². The molecule has 0 radical (unpaired) electrons. The van der Waals surface area contributed by atoms with Crippen LogP contribution in [0.25, 0.3) is 10.9 Å². The normalized spacial score (nSPS) is 18.6. The lowest BCUT2D eigenvalue weighted by Crippen LogP contribution is -2.44. The summed E-state index contributed by atoms with van der Waals surface area (Å²) in [7, 11) is 0. The fraction of sp³-hybridized carbons (Fsp3) is 0.207. The lowest BCUT2D eigenvalue weighted by Gasteiger charge is -2.35. The highest BCUT2D eigenvalue weighted by molar-refractivity contribution is 6.30. The van der Waals surface area contributed by atoms with Crippen LogP contribution >= 0.6 is 11.6 Å². The van der Waals surface area contributed by atoms with Gasteiger partial charge in [-0.15, -0.1) is 0 Å². The zero-order valence-corrected chi connectivity index (χ0v) is 21.9. The summed E-state index contributed by atoms with van der Waals surface area (Å²) >= 11 is 6.28. The third-order valence-corrected chi connectivity index (χ3v) is 7.73. The second-order valence-corrected chi connectivity index (χ2v) is 10.4. The van der Waals surface area contributed by atoms with Crippen molar-refractivity contribution in [2.75, 3.05) is 18.4 Å². The van der Waals surface area contributed by atoms with Gasteiger partial charge in [0.15, 0.2) is 11.3 Å². The third kappa shape index (κ3) is 4.30. The standard InChI is InChI=1S/C29H23ClN6O4/c30-19-7-9-22-21(14-19)29(40-28(39)33-22)10-11-35(16-29)27(38)25(12-17-4-2-1-3-5-17)36-24-13-18(26(32)37)6-8-20(24)23(15-31)34-36/h1-9,13-14,25H,10-12,16H2,(H2,32,37)(H,33,39)/t25-,29-/m0/s1. The number of aromatic nitrogens is 2. The second-order valence-electron chi connectivity index (χ2n) is 9.92. The van der Waals surface area contributed by atoms with E-state index < -0.39 is 23.6 Å². The van der Waals surface area contributed by atoms with E-state index in [-0.39, 0.29) is 30.1 Å². The van der Waals surface area contributed by atoms with Crippen LogP contribution in [0, 0.1) is 11.3 Å². The Labute approximate surface area is 233 Å². The lowest BCUT2D eigenvalue weighted by atomic mass is 9.90. The molecule has 3 heterocycles. The summed E-state index contributed by atoms with van der Waals surface area (Å²) in [5, 5.41) is 18.0. The molecule has 4 aromatic rings. The molecule has 1 spiro atoms. The molecule has 0 unspecified atom stereocenters. The minimum absolute atomic E-state index is 0.120. The van der Waals surface area contributed by atoms with Gasteiger partial charge in [-0.25, -0.2) is 4.79 Å². The number of nitrogens with zero attached hydrogens (tertiary/aromatic N) is 4. The monoisotopic (exact) mass is 554 g/mol. The average Bonchev–Trinajstić information content (AvgIpc) is 3.54. The first-order chi connectivity index (χ1) is 19.3. The summed E-state index contributed by atoms with van der Waals surface area (Å²) in [5.74, 6) is -0.900. The van der Waals surface area contributed by atoms with E-state index in [2.05, 4.69) is 16.5 Å². The molecule has 2 aliphatic heterocycles. The number of likely N-dealkylation sites (tertiary alicyclic amines) is 1. The van der Waals surface area contributed by atoms with Crippen molar-refractivity contribution in [2.45, 2.75) is 24.5 Å². The number of hydrogen-bond acceptors (Lipinski definition) is 6. The predicted molar refractivity (Wildman–Crippen MR) is 147 cm³/mol. The van der Waals surface area contributed by atoms with Gasteiger partial charge < -0.3 is 15.4 Å². The zero-order valence-electron chi connectivity index (χ0n) is 21.1. The van der Waals surface area contributed by atoms with Crippen molar-refractivity contribution in [1.29, 1.82) is 5.26 Å². The molecule has 0 saturated carbocycles. The molecule has 11 heteroatoms. The van der Waals surface area contributed by atoms with Gasteiger partial charge in [-0.1, -0.05) is 41.9 Å². The van der Waals surface area contributed by atoms with Gasteiger partial charge in [-0.3, -0.25) is 19.6 Å². The minimum Gasteiger partial charge on any atom is -0.436 e. The second kappa shape index (κ2) is 9.70. The van der Waals surface area contributed by atoms with Crippen LogP contribution in [0.2, 0.25) is 5.02 Å². The maximum atomic E-state index is 14.3. The highest BCUT2D eigenvalue weighted by Gasteiger charge is 2.49. The van der Waals surface area contributed by atoms with E-state index in [1.807, 2.05) is 30.3 Å². The summed E-state index contributed by atoms with van der Waals surface area (Å²) in [6.45, 7) is 0.439. The number of fused-ring (bicyclic) bond motifs is 3. The number of carbonyl (C=O) groups is 3. The maximum Gasteiger partial charge on any atom is 0.412 e. The summed E-state index contributed by atoms with van der Waals surface area (Å²) < 4.78 is 7.31. The van der Waals surface area contributed by atoms with Gasteiger partial charge in [0, 0.05) is 40.9 Å². The molecular formula is C29H23ClN6O4. The van der Waals surface area contributed by atoms with Crippen molar-refractivity contribution >= 4 is 46.1 Å². The number of benzene rings is 3. The van der Waals surface area contributed by atoms with Crippen molar-refractivity contribution in [3.05, 3.63) is 94.1 Å². The first-order valence-electron chi connectivity index (χ1n) is 12.6. The molecule has 2 atom stereocenters. The van der Waals surface area contributed by atoms with Crippen molar-refractivity contribution in [2.24, 2.45) is 5.73 Å². The van der Waals surface area contributed by atoms with Gasteiger partial charge in [0.1, 0.15) is 12.1 Å². The Balaban J connectivity index is 1.42. The number of halogens is 1. The Morgan fingerprint density at radius 3 is 2.73 bits per heavy atom. The fourth-order valence-corrected chi connectivity index (χ4v) is 5.75. The minimum atomic E-state index is -1.06. The van der Waals surface area contributed by atoms with Crippen LogP contribution in [0.3, 0.4) is 0 Å². The van der Waals surface area contributed by atoms with E-state index in [0.717, 1.165) is 5.56 Å². The topological polar surface area (TPSA) is 143 Å². The predicted octanol–water partition coefficient (Wildman–Crippen LogP) is 4.13. The summed E-state index contributed by atoms with van der Waals surface area (Å²) in [6.07, 6.45) is 0.0582. The Hall–Kier alpha value is -4.88. The number of amides is 3. The average molecular weight is 555 g/mol. The van der Waals surface area contributed by atoms with Crippen molar-refractivity contribution in [3.8, 4) is 6.07 Å². The quantitative estimate of drug-likeness (QED) is 0.379. The largest absolute Gasteiger partial charge is 0.436 e. The van der Waals surface area contributed by atoms with Crippen LogP contribution in [0.5, 0.6) is 0 Å². The van der Waals surface area contributed by atoms with Gasteiger partial charge >= 0.3 is 6.09 Å². The number of rotatable bonds is 5. The maximum absolute atomic E-state index is 14.3. The summed E-state index contributed by atoms with van der Waals surface area (Å²) in [4.78, 5) is 40.4. The highest BCUT2D eigenvalue weighted by atomic mass is 35.5. The SMILES string of the molecule is N#Cc1nn([C@@H](Cc2ccccc2)C(=O)N2CC[C@@]3(C2)OC(=O)Nc2ccc(Cl)cc23)c2cc(C(N)=O)ccc12. The highest BCUT2D eigenvalue weighted by Crippen LogP contribution is 2.44. The molecule has 0 bridgehead atoms. The molecule has 3 amide bonds. The lowest BCUT2D eigenvalue weighted by molar-refractivity contribution is -0.135. The number of nitrogens with two attached hydrogens (primary N) is 1. The molecule has 3 N–H and O–H groups in total. The number of primary amides is 1. The molecule has 1 aromatic heterocycles. The number of anilines is 1. The Bertz CT molecular complexity index is 1730. The van der Waals surface area contributed by atoms with Gasteiger partial charge in [0.05, 0.1) is 17.7 Å². The van der Waals surface area contributed by atoms with Crippen LogP contribution in [-0.4, -0.2) is 45.7 Å². The molecular weight excluding hydrogens is 532 g/mol. The van der Waals surface area contributed by atoms with Crippen molar-refractivity contribution < 1.29 is 19.1 Å². The third-order valence-electron chi connectivity index (χ3n) is 7.49. The molecule has 3 aromatic carbocycles. The molecule has 1 saturated heterocycles. The Kier molecular flexibility index (Phi) is 6.16. The molecule has 0 aliphatic carbocycles. The summed E-state index contributed by atoms with van der Waals surface area (Å²) in [6, 6.07) is 20.5. The van der Waals surface area contributed by atoms with Gasteiger partial charge in [-0.2, -0.15) is 10.4 Å². The molecule has 40 heavy (non-hydrogen) atoms. The smallest absolute Gasteiger partial charge is 0.412 e. The van der Waals surface area contributed by atoms with Gasteiger partial charge in [0.2, 0.25) is 11.8 Å². The fourth-order valence-electron chi connectivity index (χ4n) is 5.58. The first kappa shape index (κ1) is 25.4. The number of nitrogens with one attached hydrogen (secondary N) is 1. The van der Waals surface area contributed by atoms with E-state index >= 15 is 0 Å². The molecule has 2 aliphatic rings. The van der Waals surface area contributed by atoms with E-state index in [1.165, 1.54) is 10.7 Å². The number of ether oxygens (including phenoxy) is 1. The van der Waals surface area contributed by atoms with E-state index in [0.29, 0.717) is 40.1 Å².